The zero-order valence-electron chi connectivity index (χ0n) is 11.2. The standard InChI is InChI=1S/C16H23NO/c1-11-2-5-13(6-3-11)18-14-7-8-15-12(10-14)4-9-16(15)17/h7-8,10-11,13,16H,2-6,9,17H2,1H3/t11?,13?,16-/m0/s1. The number of hydrogen-bond acceptors (Lipinski definition) is 2. The van der Waals surface area contributed by atoms with Crippen molar-refractivity contribution in [2.75, 3.05) is 0 Å². The Balaban J connectivity index is 1.67. The molecule has 2 nitrogen and oxygen atoms in total. The van der Waals surface area contributed by atoms with E-state index in [2.05, 4.69) is 25.1 Å². The van der Waals surface area contributed by atoms with Crippen LogP contribution in [-0.2, 0) is 6.42 Å². The van der Waals surface area contributed by atoms with Gasteiger partial charge in [-0.15, -0.1) is 0 Å². The summed E-state index contributed by atoms with van der Waals surface area (Å²) in [4.78, 5) is 0. The van der Waals surface area contributed by atoms with Crippen molar-refractivity contribution in [3.05, 3.63) is 29.3 Å². The first kappa shape index (κ1) is 12.0. The van der Waals surface area contributed by atoms with E-state index in [1.54, 1.807) is 0 Å². The third-order valence-electron chi connectivity index (χ3n) is 4.50. The molecule has 0 amide bonds. The lowest BCUT2D eigenvalue weighted by Crippen LogP contribution is -2.23. The molecule has 1 atom stereocenters. The third-order valence-corrected chi connectivity index (χ3v) is 4.50. The van der Waals surface area contributed by atoms with E-state index >= 15 is 0 Å². The zero-order chi connectivity index (χ0) is 12.5. The largest absolute Gasteiger partial charge is 0.490 e. The molecule has 0 unspecified atom stereocenters. The van der Waals surface area contributed by atoms with Crippen LogP contribution in [0.15, 0.2) is 18.2 Å². The molecular weight excluding hydrogens is 222 g/mol. The van der Waals surface area contributed by atoms with Gasteiger partial charge in [-0.3, -0.25) is 0 Å². The molecule has 0 spiro atoms. The summed E-state index contributed by atoms with van der Waals surface area (Å²) in [6.07, 6.45) is 7.64. The fourth-order valence-corrected chi connectivity index (χ4v) is 3.24. The van der Waals surface area contributed by atoms with Gasteiger partial charge in [-0.2, -0.15) is 0 Å². The molecule has 0 saturated heterocycles. The van der Waals surface area contributed by atoms with Gasteiger partial charge in [0.05, 0.1) is 6.10 Å². The Kier molecular flexibility index (Phi) is 3.29. The van der Waals surface area contributed by atoms with Crippen LogP contribution in [0.2, 0.25) is 0 Å². The summed E-state index contributed by atoms with van der Waals surface area (Å²) in [6, 6.07) is 6.71. The minimum absolute atomic E-state index is 0.240. The molecule has 0 aromatic heterocycles. The molecule has 3 rings (SSSR count). The Labute approximate surface area is 110 Å². The maximum absolute atomic E-state index is 6.12. The van der Waals surface area contributed by atoms with Crippen molar-refractivity contribution in [3.8, 4) is 5.75 Å². The fraction of sp³-hybridized carbons (Fsp3) is 0.625. The molecule has 0 heterocycles. The number of fused-ring (bicyclic) bond motifs is 1. The molecule has 0 bridgehead atoms. The smallest absolute Gasteiger partial charge is 0.120 e. The van der Waals surface area contributed by atoms with Crippen molar-refractivity contribution in [2.45, 2.75) is 57.6 Å². The molecular formula is C16H23NO. The van der Waals surface area contributed by atoms with E-state index in [0.29, 0.717) is 6.10 Å². The number of hydrogen-bond donors (Lipinski definition) is 1. The first-order chi connectivity index (χ1) is 8.72. The van der Waals surface area contributed by atoms with Gasteiger partial charge in [0.2, 0.25) is 0 Å². The predicted octanol–water partition coefficient (Wildman–Crippen LogP) is 3.59. The maximum Gasteiger partial charge on any atom is 0.120 e. The molecule has 1 aromatic rings. The molecule has 1 saturated carbocycles. The van der Waals surface area contributed by atoms with E-state index in [-0.39, 0.29) is 6.04 Å². The van der Waals surface area contributed by atoms with Gasteiger partial charge >= 0.3 is 0 Å². The highest BCUT2D eigenvalue weighted by molar-refractivity contribution is 5.40. The Morgan fingerprint density at radius 1 is 1.11 bits per heavy atom. The van der Waals surface area contributed by atoms with Crippen molar-refractivity contribution < 1.29 is 4.74 Å². The average Bonchev–Trinajstić information content (AvgIpc) is 2.74. The van der Waals surface area contributed by atoms with Crippen molar-refractivity contribution >= 4 is 0 Å². The van der Waals surface area contributed by atoms with E-state index in [9.17, 15) is 0 Å². The van der Waals surface area contributed by atoms with E-state index in [1.165, 1.54) is 36.8 Å². The van der Waals surface area contributed by atoms with Gasteiger partial charge in [0.25, 0.3) is 0 Å². The Morgan fingerprint density at radius 2 is 1.89 bits per heavy atom. The van der Waals surface area contributed by atoms with Crippen LogP contribution in [0.4, 0.5) is 0 Å². The highest BCUT2D eigenvalue weighted by atomic mass is 16.5. The van der Waals surface area contributed by atoms with Crippen LogP contribution in [0.1, 0.15) is 56.2 Å². The van der Waals surface area contributed by atoms with Gasteiger partial charge in [-0.05, 0) is 67.7 Å². The fourth-order valence-electron chi connectivity index (χ4n) is 3.24. The lowest BCUT2D eigenvalue weighted by molar-refractivity contribution is 0.135. The molecule has 18 heavy (non-hydrogen) atoms. The Morgan fingerprint density at radius 3 is 2.67 bits per heavy atom. The number of ether oxygens (including phenoxy) is 1. The first-order valence-electron chi connectivity index (χ1n) is 7.27. The Bertz CT molecular complexity index is 421. The Hall–Kier alpha value is -1.02. The van der Waals surface area contributed by atoms with Gasteiger partial charge in [0.15, 0.2) is 0 Å². The lowest BCUT2D eigenvalue weighted by Gasteiger charge is -2.27. The topological polar surface area (TPSA) is 35.2 Å². The van der Waals surface area contributed by atoms with Gasteiger partial charge in [-0.25, -0.2) is 0 Å². The number of rotatable bonds is 2. The summed E-state index contributed by atoms with van der Waals surface area (Å²) in [5.41, 5.74) is 8.77. The molecule has 1 fully saturated rings. The van der Waals surface area contributed by atoms with Crippen molar-refractivity contribution in [1.29, 1.82) is 0 Å². The van der Waals surface area contributed by atoms with Crippen molar-refractivity contribution in [2.24, 2.45) is 11.7 Å². The van der Waals surface area contributed by atoms with Gasteiger partial charge in [-0.1, -0.05) is 13.0 Å². The summed E-state index contributed by atoms with van der Waals surface area (Å²) >= 11 is 0. The summed E-state index contributed by atoms with van der Waals surface area (Å²) < 4.78 is 6.12. The van der Waals surface area contributed by atoms with Gasteiger partial charge in [0.1, 0.15) is 5.75 Å². The predicted molar refractivity (Wildman–Crippen MR) is 73.7 cm³/mol. The van der Waals surface area contributed by atoms with Crippen LogP contribution < -0.4 is 10.5 Å². The first-order valence-corrected chi connectivity index (χ1v) is 7.27. The lowest BCUT2D eigenvalue weighted by atomic mass is 9.89. The van der Waals surface area contributed by atoms with Crippen molar-refractivity contribution in [3.63, 3.8) is 0 Å². The summed E-state index contributed by atoms with van der Waals surface area (Å²) in [5.74, 6) is 1.92. The molecule has 0 aliphatic heterocycles. The third kappa shape index (κ3) is 2.39. The van der Waals surface area contributed by atoms with Crippen LogP contribution in [0.25, 0.3) is 0 Å². The van der Waals surface area contributed by atoms with E-state index in [0.717, 1.165) is 24.5 Å². The molecule has 2 N–H and O–H groups in total. The zero-order valence-corrected chi connectivity index (χ0v) is 11.2. The minimum atomic E-state index is 0.240. The highest BCUT2D eigenvalue weighted by Crippen LogP contribution is 2.33. The number of benzene rings is 1. The second kappa shape index (κ2) is 4.93. The van der Waals surface area contributed by atoms with E-state index < -0.39 is 0 Å². The molecule has 98 valence electrons. The minimum Gasteiger partial charge on any atom is -0.490 e. The maximum atomic E-state index is 6.12. The number of nitrogens with two attached hydrogens (primary N) is 1. The monoisotopic (exact) mass is 245 g/mol. The second-order valence-electron chi connectivity index (χ2n) is 6.01. The summed E-state index contributed by atoms with van der Waals surface area (Å²) in [6.45, 7) is 2.34. The van der Waals surface area contributed by atoms with Crippen LogP contribution >= 0.6 is 0 Å². The molecule has 0 radical (unpaired) electrons. The highest BCUT2D eigenvalue weighted by Gasteiger charge is 2.22. The molecule has 2 heteroatoms. The summed E-state index contributed by atoms with van der Waals surface area (Å²) in [7, 11) is 0. The normalized spacial score (nSPS) is 31.1. The van der Waals surface area contributed by atoms with E-state index in [4.69, 9.17) is 10.5 Å². The van der Waals surface area contributed by atoms with Crippen molar-refractivity contribution in [1.82, 2.24) is 0 Å². The van der Waals surface area contributed by atoms with E-state index in [1.807, 2.05) is 0 Å². The van der Waals surface area contributed by atoms with Crippen LogP contribution in [-0.4, -0.2) is 6.10 Å². The van der Waals surface area contributed by atoms with Crippen LogP contribution in [0.3, 0.4) is 0 Å². The summed E-state index contributed by atoms with van der Waals surface area (Å²) in [5, 5.41) is 0. The quantitative estimate of drug-likeness (QED) is 0.864. The molecule has 2 aliphatic rings. The number of aryl methyl sites for hydroxylation is 1. The van der Waals surface area contributed by atoms with Gasteiger partial charge in [0, 0.05) is 6.04 Å². The van der Waals surface area contributed by atoms with Crippen LogP contribution in [0, 0.1) is 5.92 Å². The molecule has 2 aliphatic carbocycles. The second-order valence-corrected chi connectivity index (χ2v) is 6.01. The SMILES string of the molecule is CC1CCC(Oc2ccc3c(c2)CC[C@@H]3N)CC1. The van der Waals surface area contributed by atoms with Gasteiger partial charge < -0.3 is 10.5 Å². The average molecular weight is 245 g/mol. The molecule has 1 aromatic carbocycles. The van der Waals surface area contributed by atoms with Crippen LogP contribution in [0.5, 0.6) is 5.75 Å².